The highest BCUT2D eigenvalue weighted by Gasteiger charge is 2.27. The van der Waals surface area contributed by atoms with E-state index in [1.54, 1.807) is 12.4 Å². The molecule has 1 aliphatic rings. The van der Waals surface area contributed by atoms with Crippen LogP contribution in [0.15, 0.2) is 36.7 Å². The normalized spacial score (nSPS) is 16.7. The van der Waals surface area contributed by atoms with E-state index in [9.17, 15) is 4.79 Å². The highest BCUT2D eigenvalue weighted by atomic mass is 16.1. The van der Waals surface area contributed by atoms with E-state index >= 15 is 0 Å². The third-order valence-corrected chi connectivity index (χ3v) is 3.74. The van der Waals surface area contributed by atoms with Gasteiger partial charge in [0.15, 0.2) is 5.82 Å². The van der Waals surface area contributed by atoms with Crippen LogP contribution in [-0.4, -0.2) is 28.0 Å². The van der Waals surface area contributed by atoms with Crippen molar-refractivity contribution in [3.63, 3.8) is 0 Å². The summed E-state index contributed by atoms with van der Waals surface area (Å²) in [5, 5.41) is 2.82. The number of hydrogen-bond acceptors (Lipinski definition) is 4. The van der Waals surface area contributed by atoms with Gasteiger partial charge in [0.25, 0.3) is 5.91 Å². The summed E-state index contributed by atoms with van der Waals surface area (Å²) in [6.45, 7) is 6.01. The Morgan fingerprint density at radius 3 is 2.73 bits per heavy atom. The van der Waals surface area contributed by atoms with Gasteiger partial charge in [-0.15, -0.1) is 0 Å². The van der Waals surface area contributed by atoms with Gasteiger partial charge < -0.3 is 10.2 Å². The maximum Gasteiger partial charge on any atom is 0.271 e. The van der Waals surface area contributed by atoms with E-state index in [0.717, 1.165) is 12.2 Å². The van der Waals surface area contributed by atoms with E-state index in [1.807, 2.05) is 19.9 Å². The smallest absolute Gasteiger partial charge is 0.271 e. The number of anilines is 2. The van der Waals surface area contributed by atoms with E-state index < -0.39 is 0 Å². The number of rotatable bonds is 3. The molecule has 1 amide bonds. The number of benzene rings is 1. The number of aromatic nitrogens is 2. The Morgan fingerprint density at radius 1 is 1.27 bits per heavy atom. The van der Waals surface area contributed by atoms with Crippen LogP contribution >= 0.6 is 0 Å². The molecular formula is C17H20N4O. The second kappa shape index (κ2) is 5.75. The SMILES string of the molecule is CC(C)NC(=O)c1cnc(N2c3ccccc3CC2C)cn1. The highest BCUT2D eigenvalue weighted by Crippen LogP contribution is 2.36. The van der Waals surface area contributed by atoms with E-state index in [0.29, 0.717) is 11.7 Å². The van der Waals surface area contributed by atoms with Crippen LogP contribution < -0.4 is 10.2 Å². The fourth-order valence-electron chi connectivity index (χ4n) is 2.81. The molecule has 5 heteroatoms. The summed E-state index contributed by atoms with van der Waals surface area (Å²) >= 11 is 0. The summed E-state index contributed by atoms with van der Waals surface area (Å²) in [5.41, 5.74) is 2.83. The minimum absolute atomic E-state index is 0.0828. The predicted molar refractivity (Wildman–Crippen MR) is 86.4 cm³/mol. The first kappa shape index (κ1) is 14.5. The summed E-state index contributed by atoms with van der Waals surface area (Å²) in [5.74, 6) is 0.586. The van der Waals surface area contributed by atoms with Crippen LogP contribution in [0.1, 0.15) is 36.8 Å². The van der Waals surface area contributed by atoms with Crippen LogP contribution in [0, 0.1) is 0 Å². The molecule has 0 bridgehead atoms. The van der Waals surface area contributed by atoms with Crippen LogP contribution in [0.3, 0.4) is 0 Å². The lowest BCUT2D eigenvalue weighted by Crippen LogP contribution is -2.31. The number of carbonyl (C=O) groups excluding carboxylic acids is 1. The molecule has 1 aromatic heterocycles. The average molecular weight is 296 g/mol. The number of fused-ring (bicyclic) bond motifs is 1. The maximum atomic E-state index is 11.9. The van der Waals surface area contributed by atoms with Crippen molar-refractivity contribution < 1.29 is 4.79 Å². The zero-order valence-corrected chi connectivity index (χ0v) is 13.1. The largest absolute Gasteiger partial charge is 0.348 e. The molecule has 1 aliphatic heterocycles. The molecule has 0 saturated carbocycles. The Labute approximate surface area is 130 Å². The maximum absolute atomic E-state index is 11.9. The molecule has 5 nitrogen and oxygen atoms in total. The van der Waals surface area contributed by atoms with Crippen molar-refractivity contribution in [3.05, 3.63) is 47.9 Å². The number of hydrogen-bond donors (Lipinski definition) is 1. The third-order valence-electron chi connectivity index (χ3n) is 3.74. The average Bonchev–Trinajstić information content (AvgIpc) is 2.82. The van der Waals surface area contributed by atoms with Gasteiger partial charge in [-0.25, -0.2) is 9.97 Å². The Bertz CT molecular complexity index is 681. The summed E-state index contributed by atoms with van der Waals surface area (Å²) in [6.07, 6.45) is 4.21. The molecule has 1 aromatic carbocycles. The van der Waals surface area contributed by atoms with Gasteiger partial charge in [-0.05, 0) is 38.8 Å². The van der Waals surface area contributed by atoms with E-state index in [4.69, 9.17) is 0 Å². The van der Waals surface area contributed by atoms with Crippen molar-refractivity contribution in [1.29, 1.82) is 0 Å². The second-order valence-corrected chi connectivity index (χ2v) is 5.94. The fourth-order valence-corrected chi connectivity index (χ4v) is 2.81. The molecule has 0 radical (unpaired) electrons. The molecule has 1 atom stereocenters. The van der Waals surface area contributed by atoms with Crippen LogP contribution in [0.4, 0.5) is 11.5 Å². The van der Waals surface area contributed by atoms with Gasteiger partial charge in [-0.1, -0.05) is 18.2 Å². The summed E-state index contributed by atoms with van der Waals surface area (Å²) in [4.78, 5) is 22.8. The predicted octanol–water partition coefficient (Wildman–Crippen LogP) is 2.70. The van der Waals surface area contributed by atoms with Crippen LogP contribution in [0.5, 0.6) is 0 Å². The van der Waals surface area contributed by atoms with Crippen LogP contribution in [0.2, 0.25) is 0 Å². The number of nitrogens with zero attached hydrogens (tertiary/aromatic N) is 3. The quantitative estimate of drug-likeness (QED) is 0.946. The minimum atomic E-state index is -0.191. The fraction of sp³-hybridized carbons (Fsp3) is 0.353. The van der Waals surface area contributed by atoms with Crippen molar-refractivity contribution in [1.82, 2.24) is 15.3 Å². The second-order valence-electron chi connectivity index (χ2n) is 5.94. The zero-order valence-electron chi connectivity index (χ0n) is 13.1. The Kier molecular flexibility index (Phi) is 3.79. The van der Waals surface area contributed by atoms with Gasteiger partial charge in [0, 0.05) is 17.8 Å². The van der Waals surface area contributed by atoms with E-state index in [1.165, 1.54) is 11.3 Å². The number of amides is 1. The molecule has 114 valence electrons. The lowest BCUT2D eigenvalue weighted by atomic mass is 10.1. The lowest BCUT2D eigenvalue weighted by molar-refractivity contribution is 0.0937. The lowest BCUT2D eigenvalue weighted by Gasteiger charge is -2.23. The van der Waals surface area contributed by atoms with Crippen LogP contribution in [0.25, 0.3) is 0 Å². The summed E-state index contributed by atoms with van der Waals surface area (Å²) in [6, 6.07) is 8.74. The monoisotopic (exact) mass is 296 g/mol. The Morgan fingerprint density at radius 2 is 2.05 bits per heavy atom. The molecule has 3 rings (SSSR count). The van der Waals surface area contributed by atoms with Gasteiger partial charge in [0.1, 0.15) is 5.69 Å². The highest BCUT2D eigenvalue weighted by molar-refractivity contribution is 5.92. The molecule has 1 N–H and O–H groups in total. The van der Waals surface area contributed by atoms with Crippen molar-refractivity contribution >= 4 is 17.4 Å². The van der Waals surface area contributed by atoms with Crippen molar-refractivity contribution in [3.8, 4) is 0 Å². The molecule has 0 fully saturated rings. The number of carbonyl (C=O) groups is 1. The molecule has 0 spiro atoms. The van der Waals surface area contributed by atoms with Gasteiger partial charge in [0.2, 0.25) is 0 Å². The molecule has 1 unspecified atom stereocenters. The van der Waals surface area contributed by atoms with Crippen molar-refractivity contribution in [2.24, 2.45) is 0 Å². The van der Waals surface area contributed by atoms with E-state index in [2.05, 4.69) is 45.3 Å². The number of para-hydroxylation sites is 1. The molecule has 22 heavy (non-hydrogen) atoms. The zero-order chi connectivity index (χ0) is 15.7. The number of nitrogens with one attached hydrogen (secondary N) is 1. The van der Waals surface area contributed by atoms with Crippen molar-refractivity contribution in [2.75, 3.05) is 4.90 Å². The van der Waals surface area contributed by atoms with Crippen molar-refractivity contribution in [2.45, 2.75) is 39.3 Å². The van der Waals surface area contributed by atoms with Gasteiger partial charge in [-0.2, -0.15) is 0 Å². The first-order valence-electron chi connectivity index (χ1n) is 7.56. The Balaban J connectivity index is 1.86. The summed E-state index contributed by atoms with van der Waals surface area (Å²) < 4.78 is 0. The summed E-state index contributed by atoms with van der Waals surface area (Å²) in [7, 11) is 0. The van der Waals surface area contributed by atoms with Gasteiger partial charge in [-0.3, -0.25) is 4.79 Å². The first-order chi connectivity index (χ1) is 10.6. The third kappa shape index (κ3) is 2.66. The Hall–Kier alpha value is -2.43. The topological polar surface area (TPSA) is 58.1 Å². The molecule has 0 aliphatic carbocycles. The molecular weight excluding hydrogens is 276 g/mol. The van der Waals surface area contributed by atoms with Gasteiger partial charge in [0.05, 0.1) is 12.4 Å². The molecule has 2 aromatic rings. The van der Waals surface area contributed by atoms with E-state index in [-0.39, 0.29) is 11.9 Å². The molecule has 0 saturated heterocycles. The first-order valence-corrected chi connectivity index (χ1v) is 7.56. The molecule has 2 heterocycles. The standard InChI is InChI=1S/C17H20N4O/c1-11(2)20-17(22)14-9-19-16(10-18-14)21-12(3)8-13-6-4-5-7-15(13)21/h4-7,9-12H,8H2,1-3H3,(H,20,22). The minimum Gasteiger partial charge on any atom is -0.348 e. The van der Waals surface area contributed by atoms with Crippen LogP contribution in [-0.2, 0) is 6.42 Å². The van der Waals surface area contributed by atoms with Gasteiger partial charge >= 0.3 is 0 Å².